The Morgan fingerprint density at radius 2 is 1.91 bits per heavy atom. The van der Waals surface area contributed by atoms with E-state index in [1.807, 2.05) is 6.92 Å². The van der Waals surface area contributed by atoms with Crippen LogP contribution in [0.4, 0.5) is 19.0 Å². The summed E-state index contributed by atoms with van der Waals surface area (Å²) < 4.78 is 39.7. The third-order valence-electron chi connectivity index (χ3n) is 6.66. The molecule has 3 aromatic heterocycles. The highest BCUT2D eigenvalue weighted by molar-refractivity contribution is 5.94. The number of carbonyl (C=O) groups excluding carboxylic acids is 1. The van der Waals surface area contributed by atoms with E-state index in [0.717, 1.165) is 18.7 Å². The maximum Gasteiger partial charge on any atom is 0.417 e. The first-order chi connectivity index (χ1) is 16.2. The van der Waals surface area contributed by atoms with Gasteiger partial charge in [-0.05, 0) is 67.3 Å². The Kier molecular flexibility index (Phi) is 5.45. The van der Waals surface area contributed by atoms with Gasteiger partial charge in [-0.15, -0.1) is 0 Å². The van der Waals surface area contributed by atoms with Crippen molar-refractivity contribution in [3.05, 3.63) is 65.2 Å². The van der Waals surface area contributed by atoms with Crippen LogP contribution < -0.4 is 5.73 Å². The van der Waals surface area contributed by atoms with E-state index in [9.17, 15) is 18.0 Å². The SMILES string of the molecule is Cc1ccc(-c2ncccn2)nc1C(=O)N1C[C@@H]2C[C@@H]2C[C@H]1Cc1cc(C(F)(F)F)cnc1N. The zero-order valence-electron chi connectivity index (χ0n) is 18.5. The number of halogens is 3. The van der Waals surface area contributed by atoms with Gasteiger partial charge in [0.2, 0.25) is 0 Å². The zero-order chi connectivity index (χ0) is 24.0. The second-order valence-corrected chi connectivity index (χ2v) is 9.01. The number of anilines is 1. The van der Waals surface area contributed by atoms with E-state index >= 15 is 0 Å². The summed E-state index contributed by atoms with van der Waals surface area (Å²) in [6.45, 7) is 2.36. The summed E-state index contributed by atoms with van der Waals surface area (Å²) >= 11 is 0. The highest BCUT2D eigenvalue weighted by Crippen LogP contribution is 2.48. The number of nitrogens with two attached hydrogens (primary N) is 1. The highest BCUT2D eigenvalue weighted by atomic mass is 19.4. The number of carbonyl (C=O) groups is 1. The third-order valence-corrected chi connectivity index (χ3v) is 6.66. The molecule has 3 atom stereocenters. The van der Waals surface area contributed by atoms with Crippen LogP contribution in [-0.2, 0) is 12.6 Å². The second-order valence-electron chi connectivity index (χ2n) is 9.01. The maximum absolute atomic E-state index is 13.7. The van der Waals surface area contributed by atoms with Gasteiger partial charge in [-0.2, -0.15) is 13.2 Å². The average molecular weight is 468 g/mol. The van der Waals surface area contributed by atoms with Crippen LogP contribution in [0, 0.1) is 18.8 Å². The number of alkyl halides is 3. The van der Waals surface area contributed by atoms with Crippen LogP contribution in [0.5, 0.6) is 0 Å². The van der Waals surface area contributed by atoms with E-state index < -0.39 is 11.7 Å². The van der Waals surface area contributed by atoms with Crippen LogP contribution >= 0.6 is 0 Å². The predicted molar refractivity (Wildman–Crippen MR) is 118 cm³/mol. The van der Waals surface area contributed by atoms with Gasteiger partial charge in [-0.1, -0.05) is 6.07 Å². The minimum absolute atomic E-state index is 0.0517. The molecule has 1 aliphatic carbocycles. The lowest BCUT2D eigenvalue weighted by Gasteiger charge is -2.36. The van der Waals surface area contributed by atoms with Gasteiger partial charge in [0.1, 0.15) is 17.2 Å². The van der Waals surface area contributed by atoms with Gasteiger partial charge in [0.25, 0.3) is 5.91 Å². The van der Waals surface area contributed by atoms with Gasteiger partial charge in [-0.3, -0.25) is 4.79 Å². The molecule has 5 rings (SSSR count). The van der Waals surface area contributed by atoms with Gasteiger partial charge in [0.15, 0.2) is 5.82 Å². The first-order valence-corrected chi connectivity index (χ1v) is 11.1. The van der Waals surface area contributed by atoms with Crippen LogP contribution in [0.3, 0.4) is 0 Å². The van der Waals surface area contributed by atoms with Gasteiger partial charge in [0, 0.05) is 31.2 Å². The Morgan fingerprint density at radius 1 is 1.15 bits per heavy atom. The van der Waals surface area contributed by atoms with E-state index in [-0.39, 0.29) is 24.2 Å². The fraction of sp³-hybridized carbons (Fsp3) is 0.375. The number of likely N-dealkylation sites (tertiary alicyclic amines) is 1. The maximum atomic E-state index is 13.7. The molecule has 0 unspecified atom stereocenters. The standard InChI is InChI=1S/C24H23F3N6O/c1-13-3-4-19(22-29-5-2-6-30-22)32-20(13)23(34)33-12-16-7-14(16)9-18(33)10-15-8-17(24(25,26)27)11-31-21(15)28/h2-6,8,11,14,16,18H,7,9-10,12H2,1H3,(H2,28,31)/t14-,16+,18+/m1/s1. The lowest BCUT2D eigenvalue weighted by atomic mass is 9.94. The van der Waals surface area contributed by atoms with Gasteiger partial charge in [0.05, 0.1) is 5.56 Å². The van der Waals surface area contributed by atoms with Gasteiger partial charge in [-0.25, -0.2) is 19.9 Å². The minimum Gasteiger partial charge on any atom is -0.383 e. The Hall–Kier alpha value is -3.56. The van der Waals surface area contributed by atoms with Crippen molar-refractivity contribution in [3.63, 3.8) is 0 Å². The zero-order valence-corrected chi connectivity index (χ0v) is 18.5. The molecule has 1 saturated heterocycles. The summed E-state index contributed by atoms with van der Waals surface area (Å²) in [6.07, 6.45) is 1.37. The number of pyridine rings is 2. The fourth-order valence-corrected chi connectivity index (χ4v) is 4.67. The monoisotopic (exact) mass is 468 g/mol. The number of nitrogen functional groups attached to an aromatic ring is 1. The fourth-order valence-electron chi connectivity index (χ4n) is 4.67. The summed E-state index contributed by atoms with van der Waals surface area (Å²) in [4.78, 5) is 32.2. The van der Waals surface area contributed by atoms with Crippen molar-refractivity contribution in [2.24, 2.45) is 11.8 Å². The van der Waals surface area contributed by atoms with Crippen LogP contribution in [0.25, 0.3) is 11.5 Å². The molecule has 0 aromatic carbocycles. The van der Waals surface area contributed by atoms with Crippen molar-refractivity contribution in [3.8, 4) is 11.5 Å². The summed E-state index contributed by atoms with van der Waals surface area (Å²) in [5.41, 5.74) is 6.87. The third kappa shape index (κ3) is 4.32. The molecule has 0 spiro atoms. The van der Waals surface area contributed by atoms with E-state index in [1.54, 1.807) is 35.5 Å². The number of amides is 1. The molecular weight excluding hydrogens is 445 g/mol. The van der Waals surface area contributed by atoms with Crippen molar-refractivity contribution >= 4 is 11.7 Å². The highest BCUT2D eigenvalue weighted by Gasteiger charge is 2.47. The van der Waals surface area contributed by atoms with E-state index in [1.165, 1.54) is 0 Å². The Balaban J connectivity index is 1.45. The molecule has 0 bridgehead atoms. The Labute approximate surface area is 194 Å². The Morgan fingerprint density at radius 3 is 2.65 bits per heavy atom. The van der Waals surface area contributed by atoms with Crippen molar-refractivity contribution in [1.29, 1.82) is 0 Å². The molecule has 2 fully saturated rings. The van der Waals surface area contributed by atoms with Crippen LogP contribution in [0.1, 0.15) is 40.0 Å². The first-order valence-electron chi connectivity index (χ1n) is 11.1. The molecule has 2 aliphatic rings. The Bertz CT molecular complexity index is 1230. The van der Waals surface area contributed by atoms with Gasteiger partial charge >= 0.3 is 6.18 Å². The van der Waals surface area contributed by atoms with E-state index in [2.05, 4.69) is 19.9 Å². The summed E-state index contributed by atoms with van der Waals surface area (Å²) in [6, 6.07) is 6.02. The molecule has 3 aromatic rings. The molecule has 0 radical (unpaired) electrons. The number of nitrogens with zero attached hydrogens (tertiary/aromatic N) is 5. The van der Waals surface area contributed by atoms with Crippen LogP contribution in [0.2, 0.25) is 0 Å². The number of fused-ring (bicyclic) bond motifs is 1. The largest absolute Gasteiger partial charge is 0.417 e. The molecule has 1 saturated carbocycles. The van der Waals surface area contributed by atoms with Gasteiger partial charge < -0.3 is 10.6 Å². The first kappa shape index (κ1) is 22.2. The van der Waals surface area contributed by atoms with E-state index in [4.69, 9.17) is 5.73 Å². The number of aromatic nitrogens is 4. The number of aryl methyl sites for hydroxylation is 1. The average Bonchev–Trinajstić information content (AvgIpc) is 3.58. The smallest absolute Gasteiger partial charge is 0.383 e. The van der Waals surface area contributed by atoms with Crippen molar-refractivity contribution in [2.45, 2.75) is 38.4 Å². The second kappa shape index (κ2) is 8.34. The molecule has 7 nitrogen and oxygen atoms in total. The predicted octanol–water partition coefficient (Wildman–Crippen LogP) is 3.94. The number of hydrogen-bond acceptors (Lipinski definition) is 6. The van der Waals surface area contributed by atoms with Crippen LogP contribution in [-0.4, -0.2) is 43.3 Å². The summed E-state index contributed by atoms with van der Waals surface area (Å²) in [7, 11) is 0. The summed E-state index contributed by atoms with van der Waals surface area (Å²) in [5.74, 6) is 1.11. The molecule has 1 amide bonds. The summed E-state index contributed by atoms with van der Waals surface area (Å²) in [5, 5.41) is 0. The van der Waals surface area contributed by atoms with Crippen LogP contribution in [0.15, 0.2) is 42.9 Å². The topological polar surface area (TPSA) is 97.9 Å². The minimum atomic E-state index is -4.51. The quantitative estimate of drug-likeness (QED) is 0.623. The molecule has 34 heavy (non-hydrogen) atoms. The molecular formula is C24H23F3N6O. The lowest BCUT2D eigenvalue weighted by molar-refractivity contribution is -0.137. The normalized spacial score (nSPS) is 21.8. The van der Waals surface area contributed by atoms with Crippen molar-refractivity contribution in [1.82, 2.24) is 24.8 Å². The van der Waals surface area contributed by atoms with Crippen molar-refractivity contribution in [2.75, 3.05) is 12.3 Å². The molecule has 1 aliphatic heterocycles. The number of piperidine rings is 1. The molecule has 10 heteroatoms. The molecule has 2 N–H and O–H groups in total. The van der Waals surface area contributed by atoms with E-state index in [0.29, 0.717) is 53.1 Å². The number of rotatable bonds is 4. The molecule has 176 valence electrons. The lowest BCUT2D eigenvalue weighted by Crippen LogP contribution is -2.46. The molecule has 4 heterocycles. The number of hydrogen-bond donors (Lipinski definition) is 1. The van der Waals surface area contributed by atoms with Crippen molar-refractivity contribution < 1.29 is 18.0 Å².